The van der Waals surface area contributed by atoms with Gasteiger partial charge < -0.3 is 10.0 Å². The topological polar surface area (TPSA) is 40.5 Å². The molecule has 0 aromatic heterocycles. The number of aliphatic hydroxyl groups is 1. The highest BCUT2D eigenvalue weighted by Crippen LogP contribution is 2.19. The van der Waals surface area contributed by atoms with Crippen LogP contribution in [0.2, 0.25) is 0 Å². The van der Waals surface area contributed by atoms with Gasteiger partial charge in [0.05, 0.1) is 0 Å². The first-order valence-corrected chi connectivity index (χ1v) is 5.22. The average molecular weight is 205 g/mol. The van der Waals surface area contributed by atoms with Crippen LogP contribution >= 0.6 is 0 Å². The molecule has 1 aliphatic heterocycles. The molecule has 1 aromatic rings. The smallest absolute Gasteiger partial charge is 0.223 e. The van der Waals surface area contributed by atoms with E-state index < -0.39 is 0 Å². The van der Waals surface area contributed by atoms with Crippen molar-refractivity contribution in [1.29, 1.82) is 0 Å². The predicted octanol–water partition coefficient (Wildman–Crippen LogP) is 1.03. The number of nitrogens with zero attached hydrogens (tertiary/aromatic N) is 1. The van der Waals surface area contributed by atoms with E-state index in [0.717, 1.165) is 5.56 Å². The molecule has 0 saturated carbocycles. The van der Waals surface area contributed by atoms with Crippen molar-refractivity contribution >= 4 is 5.91 Å². The van der Waals surface area contributed by atoms with Gasteiger partial charge in [0.1, 0.15) is 0 Å². The molecule has 1 atom stereocenters. The third kappa shape index (κ3) is 2.36. The summed E-state index contributed by atoms with van der Waals surface area (Å²) in [6.07, 6.45) is 0.489. The van der Waals surface area contributed by atoms with Crippen LogP contribution in [0.5, 0.6) is 0 Å². The number of carbonyl (C=O) groups excluding carboxylic acids is 1. The van der Waals surface area contributed by atoms with E-state index in [-0.39, 0.29) is 18.4 Å². The van der Waals surface area contributed by atoms with Gasteiger partial charge in [-0.3, -0.25) is 4.79 Å². The largest absolute Gasteiger partial charge is 0.396 e. The fourth-order valence-electron chi connectivity index (χ4n) is 1.93. The molecule has 1 N–H and O–H groups in total. The molecule has 0 bridgehead atoms. The zero-order valence-electron chi connectivity index (χ0n) is 8.60. The monoisotopic (exact) mass is 205 g/mol. The highest BCUT2D eigenvalue weighted by Gasteiger charge is 2.28. The Morgan fingerprint density at radius 3 is 2.67 bits per heavy atom. The summed E-state index contributed by atoms with van der Waals surface area (Å²) in [5.41, 5.74) is 1.14. The van der Waals surface area contributed by atoms with Gasteiger partial charge in [-0.2, -0.15) is 0 Å². The Kier molecular flexibility index (Phi) is 3.02. The van der Waals surface area contributed by atoms with Crippen molar-refractivity contribution in [2.24, 2.45) is 5.92 Å². The van der Waals surface area contributed by atoms with E-state index in [1.54, 1.807) is 0 Å². The van der Waals surface area contributed by atoms with E-state index in [4.69, 9.17) is 5.11 Å². The van der Waals surface area contributed by atoms with Gasteiger partial charge in [0, 0.05) is 32.0 Å². The lowest BCUT2D eigenvalue weighted by molar-refractivity contribution is -0.128. The summed E-state index contributed by atoms with van der Waals surface area (Å²) in [4.78, 5) is 13.4. The van der Waals surface area contributed by atoms with Gasteiger partial charge in [-0.25, -0.2) is 0 Å². The summed E-state index contributed by atoms with van der Waals surface area (Å²) in [5.74, 6) is 0.277. The van der Waals surface area contributed by atoms with Crippen molar-refractivity contribution in [3.8, 4) is 0 Å². The molecule has 0 radical (unpaired) electrons. The fourth-order valence-corrected chi connectivity index (χ4v) is 1.93. The highest BCUT2D eigenvalue weighted by atomic mass is 16.3. The van der Waals surface area contributed by atoms with E-state index in [1.807, 2.05) is 35.2 Å². The van der Waals surface area contributed by atoms with E-state index in [2.05, 4.69) is 0 Å². The number of amides is 1. The molecule has 0 spiro atoms. The van der Waals surface area contributed by atoms with Crippen molar-refractivity contribution in [3.63, 3.8) is 0 Å². The number of likely N-dealkylation sites (tertiary alicyclic amines) is 1. The number of hydrogen-bond acceptors (Lipinski definition) is 2. The Bertz CT molecular complexity index is 337. The number of rotatable bonds is 3. The Morgan fingerprint density at radius 1 is 1.33 bits per heavy atom. The van der Waals surface area contributed by atoms with Crippen molar-refractivity contribution < 1.29 is 9.90 Å². The van der Waals surface area contributed by atoms with Gasteiger partial charge in [0.2, 0.25) is 5.91 Å². The summed E-state index contributed by atoms with van der Waals surface area (Å²) in [6, 6.07) is 9.93. The number of hydrogen-bond donors (Lipinski definition) is 1. The first-order valence-electron chi connectivity index (χ1n) is 5.22. The predicted molar refractivity (Wildman–Crippen MR) is 57.1 cm³/mol. The van der Waals surface area contributed by atoms with Crippen LogP contribution in [0.3, 0.4) is 0 Å². The second kappa shape index (κ2) is 4.45. The fraction of sp³-hybridized carbons (Fsp3) is 0.417. The first kappa shape index (κ1) is 10.2. The SMILES string of the molecule is O=C1CC(CO)CN1Cc1ccccc1. The lowest BCUT2D eigenvalue weighted by atomic mass is 10.1. The van der Waals surface area contributed by atoms with Gasteiger partial charge in [0.25, 0.3) is 0 Å². The van der Waals surface area contributed by atoms with Crippen LogP contribution < -0.4 is 0 Å². The summed E-state index contributed by atoms with van der Waals surface area (Å²) in [6.45, 7) is 1.46. The molecule has 0 aliphatic carbocycles. The van der Waals surface area contributed by atoms with Gasteiger partial charge in [-0.05, 0) is 5.56 Å². The lowest BCUT2D eigenvalue weighted by Crippen LogP contribution is -2.24. The van der Waals surface area contributed by atoms with E-state index in [1.165, 1.54) is 0 Å². The maximum absolute atomic E-state index is 11.6. The van der Waals surface area contributed by atoms with Crippen molar-refractivity contribution in [2.75, 3.05) is 13.2 Å². The third-order valence-corrected chi connectivity index (χ3v) is 2.77. The molecule has 1 fully saturated rings. The van der Waals surface area contributed by atoms with Crippen LogP contribution in [0.1, 0.15) is 12.0 Å². The Hall–Kier alpha value is -1.35. The molecule has 1 aromatic carbocycles. The van der Waals surface area contributed by atoms with Crippen molar-refractivity contribution in [2.45, 2.75) is 13.0 Å². The molecule has 1 unspecified atom stereocenters. The molecule has 15 heavy (non-hydrogen) atoms. The maximum atomic E-state index is 11.6. The van der Waals surface area contributed by atoms with Crippen LogP contribution in [0.25, 0.3) is 0 Å². The van der Waals surface area contributed by atoms with Gasteiger partial charge >= 0.3 is 0 Å². The number of aliphatic hydroxyl groups excluding tert-OH is 1. The summed E-state index contributed by atoms with van der Waals surface area (Å²) in [5, 5.41) is 8.99. The zero-order valence-corrected chi connectivity index (χ0v) is 8.60. The normalized spacial score (nSPS) is 21.0. The first-order chi connectivity index (χ1) is 7.29. The molecular weight excluding hydrogens is 190 g/mol. The summed E-state index contributed by atoms with van der Waals surface area (Å²) in [7, 11) is 0. The van der Waals surface area contributed by atoms with Crippen LogP contribution in [0.4, 0.5) is 0 Å². The second-order valence-corrected chi connectivity index (χ2v) is 4.01. The van der Waals surface area contributed by atoms with Gasteiger partial charge in [-0.15, -0.1) is 0 Å². The molecule has 1 amide bonds. The van der Waals surface area contributed by atoms with Crippen molar-refractivity contribution in [1.82, 2.24) is 4.90 Å². The second-order valence-electron chi connectivity index (χ2n) is 4.01. The summed E-state index contributed by atoms with van der Waals surface area (Å²) >= 11 is 0. The van der Waals surface area contributed by atoms with Crippen LogP contribution in [-0.4, -0.2) is 29.1 Å². The molecule has 2 rings (SSSR count). The number of carbonyl (C=O) groups is 1. The average Bonchev–Trinajstić information content (AvgIpc) is 2.61. The maximum Gasteiger partial charge on any atom is 0.223 e. The quantitative estimate of drug-likeness (QED) is 0.800. The van der Waals surface area contributed by atoms with Crippen LogP contribution in [-0.2, 0) is 11.3 Å². The highest BCUT2D eigenvalue weighted by molar-refractivity contribution is 5.78. The zero-order chi connectivity index (χ0) is 10.7. The van der Waals surface area contributed by atoms with Gasteiger partial charge in [-0.1, -0.05) is 30.3 Å². The minimum atomic E-state index is 0.108. The molecular formula is C12H15NO2. The Balaban J connectivity index is 1.99. The standard InChI is InChI=1S/C12H15NO2/c14-9-11-6-12(15)13(8-11)7-10-4-2-1-3-5-10/h1-5,11,14H,6-9H2. The molecule has 1 aliphatic rings. The molecule has 1 saturated heterocycles. The summed E-state index contributed by atoms with van der Waals surface area (Å²) < 4.78 is 0. The van der Waals surface area contributed by atoms with Crippen LogP contribution in [0, 0.1) is 5.92 Å². The Morgan fingerprint density at radius 2 is 2.07 bits per heavy atom. The lowest BCUT2D eigenvalue weighted by Gasteiger charge is -2.16. The molecule has 80 valence electrons. The molecule has 1 heterocycles. The van der Waals surface area contributed by atoms with E-state index >= 15 is 0 Å². The van der Waals surface area contributed by atoms with Gasteiger partial charge in [0.15, 0.2) is 0 Å². The number of benzene rings is 1. The molecule has 3 nitrogen and oxygen atoms in total. The minimum Gasteiger partial charge on any atom is -0.396 e. The minimum absolute atomic E-state index is 0.108. The van der Waals surface area contributed by atoms with E-state index in [0.29, 0.717) is 19.5 Å². The third-order valence-electron chi connectivity index (χ3n) is 2.77. The Labute approximate surface area is 89.3 Å². The van der Waals surface area contributed by atoms with E-state index in [9.17, 15) is 4.79 Å². The molecule has 3 heteroatoms. The van der Waals surface area contributed by atoms with Crippen molar-refractivity contribution in [3.05, 3.63) is 35.9 Å². The van der Waals surface area contributed by atoms with Crippen LogP contribution in [0.15, 0.2) is 30.3 Å².